The molecule has 2 rings (SSSR count). The Bertz CT molecular complexity index is 508. The molecule has 0 bridgehead atoms. The third kappa shape index (κ3) is 3.24. The van der Waals surface area contributed by atoms with Crippen LogP contribution >= 0.6 is 12.2 Å². The van der Waals surface area contributed by atoms with E-state index in [1.54, 1.807) is 0 Å². The minimum absolute atomic E-state index is 0.660. The molecule has 0 atom stereocenters. The minimum atomic E-state index is 0.660. The number of hydrogen-bond donors (Lipinski definition) is 1. The van der Waals surface area contributed by atoms with Gasteiger partial charge in [0.15, 0.2) is 0 Å². The molecule has 0 saturated carbocycles. The summed E-state index contributed by atoms with van der Waals surface area (Å²) >= 11 is 4.97. The minimum Gasteiger partial charge on any atom is -0.267 e. The van der Waals surface area contributed by atoms with Crippen LogP contribution in [0.5, 0.6) is 0 Å². The van der Waals surface area contributed by atoms with Crippen LogP contribution in [-0.2, 0) is 6.42 Å². The van der Waals surface area contributed by atoms with Gasteiger partial charge in [-0.05, 0) is 30.5 Å². The number of nitrogens with one attached hydrogen (secondary N) is 1. The smallest absolute Gasteiger partial charge is 0.119 e. The van der Waals surface area contributed by atoms with Crippen LogP contribution in [0.4, 0.5) is 0 Å². The molecule has 17 heavy (non-hydrogen) atoms. The first-order chi connectivity index (χ1) is 8.29. The highest BCUT2D eigenvalue weighted by molar-refractivity contribution is 7.71. The second-order valence-corrected chi connectivity index (χ2v) is 4.55. The molecule has 0 saturated heterocycles. The monoisotopic (exact) mass is 244 g/mol. The van der Waals surface area contributed by atoms with Crippen LogP contribution in [0.2, 0.25) is 0 Å². The first-order valence-electron chi connectivity index (χ1n) is 5.94. The Labute approximate surface area is 107 Å². The highest BCUT2D eigenvalue weighted by Crippen LogP contribution is 2.17. The Morgan fingerprint density at radius 2 is 1.88 bits per heavy atom. The molecule has 3 heteroatoms. The fourth-order valence-corrected chi connectivity index (χ4v) is 1.84. The third-order valence-electron chi connectivity index (χ3n) is 2.75. The highest BCUT2D eigenvalue weighted by Gasteiger charge is 1.99. The van der Waals surface area contributed by atoms with E-state index in [9.17, 15) is 0 Å². The molecule has 0 fully saturated rings. The number of unbranched alkanes of at least 4 members (excludes halogenated alkanes) is 1. The van der Waals surface area contributed by atoms with Crippen molar-refractivity contribution in [3.05, 3.63) is 46.6 Å². The van der Waals surface area contributed by atoms with E-state index in [-0.39, 0.29) is 0 Å². The second kappa shape index (κ2) is 5.73. The van der Waals surface area contributed by atoms with Gasteiger partial charge in [-0.2, -0.15) is 5.10 Å². The molecule has 1 N–H and O–H groups in total. The molecular weight excluding hydrogens is 228 g/mol. The van der Waals surface area contributed by atoms with Crippen LogP contribution < -0.4 is 0 Å². The second-order valence-electron chi connectivity index (χ2n) is 4.11. The summed E-state index contributed by atoms with van der Waals surface area (Å²) in [5.41, 5.74) is 3.44. The van der Waals surface area contributed by atoms with Gasteiger partial charge in [0.05, 0.1) is 5.69 Å². The van der Waals surface area contributed by atoms with Crippen LogP contribution in [-0.4, -0.2) is 10.2 Å². The molecule has 0 amide bonds. The molecule has 2 aromatic rings. The largest absolute Gasteiger partial charge is 0.267 e. The lowest BCUT2D eigenvalue weighted by Gasteiger charge is -2.03. The Morgan fingerprint density at radius 1 is 1.12 bits per heavy atom. The van der Waals surface area contributed by atoms with Gasteiger partial charge in [0.2, 0.25) is 0 Å². The predicted molar refractivity (Wildman–Crippen MR) is 73.5 cm³/mol. The molecule has 0 spiro atoms. The number of aromatic nitrogens is 2. The maximum atomic E-state index is 4.97. The van der Waals surface area contributed by atoms with E-state index in [4.69, 9.17) is 12.2 Å². The van der Waals surface area contributed by atoms with Gasteiger partial charge in [-0.15, -0.1) is 0 Å². The van der Waals surface area contributed by atoms with Gasteiger partial charge in [0.1, 0.15) is 4.64 Å². The Hall–Kier alpha value is -1.48. The van der Waals surface area contributed by atoms with Crippen molar-refractivity contribution in [3.8, 4) is 11.3 Å². The van der Waals surface area contributed by atoms with Crippen LogP contribution in [0.25, 0.3) is 11.3 Å². The van der Waals surface area contributed by atoms with Gasteiger partial charge < -0.3 is 0 Å². The molecule has 0 aliphatic heterocycles. The standard InChI is InChI=1S/C14H16N2S/c1-2-3-4-11-5-7-12(8-6-11)13-9-10-14(17)16-15-13/h5-10H,2-4H2,1H3,(H,16,17). The molecule has 2 nitrogen and oxygen atoms in total. The summed E-state index contributed by atoms with van der Waals surface area (Å²) in [5.74, 6) is 0. The van der Waals surface area contributed by atoms with E-state index in [0.29, 0.717) is 4.64 Å². The Balaban J connectivity index is 2.17. The summed E-state index contributed by atoms with van der Waals surface area (Å²) in [6.45, 7) is 2.21. The Kier molecular flexibility index (Phi) is 4.04. The Morgan fingerprint density at radius 3 is 2.47 bits per heavy atom. The van der Waals surface area contributed by atoms with E-state index in [1.165, 1.54) is 18.4 Å². The zero-order chi connectivity index (χ0) is 12.1. The van der Waals surface area contributed by atoms with Gasteiger partial charge >= 0.3 is 0 Å². The molecule has 0 unspecified atom stereocenters. The summed E-state index contributed by atoms with van der Waals surface area (Å²) in [6.07, 6.45) is 3.63. The molecule has 1 aromatic carbocycles. The van der Waals surface area contributed by atoms with Gasteiger partial charge in [-0.25, -0.2) is 0 Å². The van der Waals surface area contributed by atoms with Crippen LogP contribution in [0.1, 0.15) is 25.3 Å². The van der Waals surface area contributed by atoms with Gasteiger partial charge in [0, 0.05) is 5.56 Å². The molecule has 1 heterocycles. The molecule has 0 radical (unpaired) electrons. The van der Waals surface area contributed by atoms with E-state index in [1.807, 2.05) is 12.1 Å². The normalized spacial score (nSPS) is 10.4. The zero-order valence-corrected chi connectivity index (χ0v) is 10.8. The van der Waals surface area contributed by atoms with Gasteiger partial charge in [0.25, 0.3) is 0 Å². The van der Waals surface area contributed by atoms with Crippen molar-refractivity contribution < 1.29 is 0 Å². The molecule has 0 aliphatic carbocycles. The molecule has 88 valence electrons. The summed E-state index contributed by atoms with van der Waals surface area (Å²) < 4.78 is 0.660. The lowest BCUT2D eigenvalue weighted by molar-refractivity contribution is 0.795. The number of benzene rings is 1. The van der Waals surface area contributed by atoms with Crippen molar-refractivity contribution in [2.75, 3.05) is 0 Å². The zero-order valence-electron chi connectivity index (χ0n) is 9.94. The molecule has 0 aliphatic rings. The van der Waals surface area contributed by atoms with Crippen LogP contribution in [0, 0.1) is 4.64 Å². The van der Waals surface area contributed by atoms with Gasteiger partial charge in [-0.1, -0.05) is 49.8 Å². The number of aryl methyl sites for hydroxylation is 1. The van der Waals surface area contributed by atoms with E-state index < -0.39 is 0 Å². The van der Waals surface area contributed by atoms with Crippen molar-refractivity contribution in [1.82, 2.24) is 10.2 Å². The first kappa shape index (κ1) is 12.0. The maximum Gasteiger partial charge on any atom is 0.119 e. The lowest BCUT2D eigenvalue weighted by Crippen LogP contribution is -1.88. The number of rotatable bonds is 4. The summed E-state index contributed by atoms with van der Waals surface area (Å²) in [6, 6.07) is 12.4. The van der Waals surface area contributed by atoms with Crippen LogP contribution in [0.3, 0.4) is 0 Å². The lowest BCUT2D eigenvalue weighted by atomic mass is 10.0. The van der Waals surface area contributed by atoms with E-state index in [0.717, 1.165) is 17.7 Å². The van der Waals surface area contributed by atoms with Crippen LogP contribution in [0.15, 0.2) is 36.4 Å². The number of nitrogens with zero attached hydrogens (tertiary/aromatic N) is 1. The molecular formula is C14H16N2S. The summed E-state index contributed by atoms with van der Waals surface area (Å²) in [5, 5.41) is 7.02. The van der Waals surface area contributed by atoms with Crippen molar-refractivity contribution in [1.29, 1.82) is 0 Å². The van der Waals surface area contributed by atoms with Crippen molar-refractivity contribution in [3.63, 3.8) is 0 Å². The maximum absolute atomic E-state index is 4.97. The van der Waals surface area contributed by atoms with E-state index in [2.05, 4.69) is 41.4 Å². The SMILES string of the molecule is CCCCc1ccc(-c2ccc(=S)[nH]n2)cc1. The molecule has 1 aromatic heterocycles. The summed E-state index contributed by atoms with van der Waals surface area (Å²) in [4.78, 5) is 0. The van der Waals surface area contributed by atoms with Crippen molar-refractivity contribution in [2.24, 2.45) is 0 Å². The van der Waals surface area contributed by atoms with Crippen molar-refractivity contribution in [2.45, 2.75) is 26.2 Å². The number of hydrogen-bond acceptors (Lipinski definition) is 2. The fraction of sp³-hybridized carbons (Fsp3) is 0.286. The quantitative estimate of drug-likeness (QED) is 0.818. The van der Waals surface area contributed by atoms with Gasteiger partial charge in [-0.3, -0.25) is 5.10 Å². The van der Waals surface area contributed by atoms with E-state index >= 15 is 0 Å². The average Bonchev–Trinajstić information content (AvgIpc) is 2.38. The fourth-order valence-electron chi connectivity index (χ4n) is 1.73. The first-order valence-corrected chi connectivity index (χ1v) is 6.35. The highest BCUT2D eigenvalue weighted by atomic mass is 32.1. The van der Waals surface area contributed by atoms with Crippen molar-refractivity contribution >= 4 is 12.2 Å². The number of H-pyrrole nitrogens is 1. The average molecular weight is 244 g/mol. The third-order valence-corrected chi connectivity index (χ3v) is 2.98. The predicted octanol–water partition coefficient (Wildman–Crippen LogP) is 4.15. The summed E-state index contributed by atoms with van der Waals surface area (Å²) in [7, 11) is 0. The number of aromatic amines is 1. The topological polar surface area (TPSA) is 28.7 Å².